The molecule has 0 saturated carbocycles. The van der Waals surface area contributed by atoms with Gasteiger partial charge in [-0.3, -0.25) is 0 Å². The van der Waals surface area contributed by atoms with Gasteiger partial charge in [-0.1, -0.05) is 30.3 Å². The van der Waals surface area contributed by atoms with Crippen molar-refractivity contribution in [2.75, 3.05) is 19.8 Å². The molecule has 0 aromatic heterocycles. The third-order valence-corrected chi connectivity index (χ3v) is 8.14. The fraction of sp³-hybridized carbons (Fsp3) is 0.368. The molecule has 0 spiro atoms. The number of nitrogens with one attached hydrogen (secondary N) is 1. The Morgan fingerprint density at radius 2 is 1.44 bits per heavy atom. The molecule has 6 nitrogen and oxygen atoms in total. The lowest BCUT2D eigenvalue weighted by molar-refractivity contribution is 0.0644. The maximum absolute atomic E-state index is 12.9. The topological polar surface area (TPSA) is 89.5 Å². The van der Waals surface area contributed by atoms with E-state index >= 15 is 0 Å². The Balaban J connectivity index is 1.82. The second-order valence-corrected chi connectivity index (χ2v) is 10.2. The van der Waals surface area contributed by atoms with Gasteiger partial charge < -0.3 is 4.74 Å². The predicted molar refractivity (Wildman–Crippen MR) is 102 cm³/mol. The van der Waals surface area contributed by atoms with Gasteiger partial charge >= 0.3 is 0 Å². The number of hydrogen-bond donors (Lipinski definition) is 1. The van der Waals surface area contributed by atoms with E-state index in [2.05, 4.69) is 4.72 Å². The van der Waals surface area contributed by atoms with E-state index in [4.69, 9.17) is 4.74 Å². The molecular formula is C19H23NO5S2. The van der Waals surface area contributed by atoms with Crippen LogP contribution in [0.4, 0.5) is 0 Å². The van der Waals surface area contributed by atoms with Crippen molar-refractivity contribution >= 4 is 19.9 Å². The zero-order valence-corrected chi connectivity index (χ0v) is 16.5. The molecule has 0 bridgehead atoms. The molecule has 1 aliphatic heterocycles. The third-order valence-electron chi connectivity index (χ3n) is 4.67. The number of sulfonamides is 1. The van der Waals surface area contributed by atoms with Crippen LogP contribution >= 0.6 is 0 Å². The van der Waals surface area contributed by atoms with Gasteiger partial charge in [0, 0.05) is 19.8 Å². The number of benzene rings is 2. The van der Waals surface area contributed by atoms with E-state index in [0.717, 1.165) is 12.8 Å². The van der Waals surface area contributed by atoms with Crippen LogP contribution in [0.2, 0.25) is 0 Å². The molecule has 1 aliphatic rings. The first-order chi connectivity index (χ1) is 12.9. The maximum atomic E-state index is 12.9. The number of sulfone groups is 1. The summed E-state index contributed by atoms with van der Waals surface area (Å²) in [7, 11) is -7.88. The normalized spacial score (nSPS) is 16.3. The Hall–Kier alpha value is -1.74. The highest BCUT2D eigenvalue weighted by Crippen LogP contribution is 2.27. The van der Waals surface area contributed by atoms with Gasteiger partial charge in [-0.15, -0.1) is 0 Å². The summed E-state index contributed by atoms with van der Waals surface area (Å²) >= 11 is 0. The smallest absolute Gasteiger partial charge is 0.241 e. The first-order valence-corrected chi connectivity index (χ1v) is 11.8. The van der Waals surface area contributed by atoms with E-state index in [9.17, 15) is 16.8 Å². The lowest BCUT2D eigenvalue weighted by Gasteiger charge is -2.22. The van der Waals surface area contributed by atoms with Crippen LogP contribution in [0, 0.1) is 5.92 Å². The molecule has 0 amide bonds. The first-order valence-electron chi connectivity index (χ1n) is 8.88. The SMILES string of the molecule is O=S(=O)(NCCC1CCOCC1)c1ccccc1S(=O)(=O)c1ccccc1. The van der Waals surface area contributed by atoms with Crippen LogP contribution in [-0.2, 0) is 24.6 Å². The second kappa shape index (κ2) is 8.52. The van der Waals surface area contributed by atoms with Crippen molar-refractivity contribution in [2.45, 2.75) is 33.9 Å². The zero-order chi connectivity index (χ0) is 19.3. The van der Waals surface area contributed by atoms with Gasteiger partial charge in [0.1, 0.15) is 4.90 Å². The van der Waals surface area contributed by atoms with Crippen LogP contribution in [0.5, 0.6) is 0 Å². The largest absolute Gasteiger partial charge is 0.381 e. The summed E-state index contributed by atoms with van der Waals surface area (Å²) in [5.41, 5.74) is 0. The van der Waals surface area contributed by atoms with Crippen molar-refractivity contribution in [2.24, 2.45) is 5.92 Å². The van der Waals surface area contributed by atoms with Gasteiger partial charge in [0.15, 0.2) is 0 Å². The minimum absolute atomic E-state index is 0.0647. The van der Waals surface area contributed by atoms with Gasteiger partial charge in [-0.25, -0.2) is 21.6 Å². The van der Waals surface area contributed by atoms with Gasteiger partial charge in [0.25, 0.3) is 0 Å². The van der Waals surface area contributed by atoms with Crippen molar-refractivity contribution < 1.29 is 21.6 Å². The molecule has 3 rings (SSSR count). The molecule has 0 atom stereocenters. The maximum Gasteiger partial charge on any atom is 0.241 e. The molecular weight excluding hydrogens is 386 g/mol. The summed E-state index contributed by atoms with van der Waals surface area (Å²) in [5, 5.41) is 0. The van der Waals surface area contributed by atoms with Crippen LogP contribution in [0.1, 0.15) is 19.3 Å². The fourth-order valence-corrected chi connectivity index (χ4v) is 6.28. The summed E-state index contributed by atoms with van der Waals surface area (Å²) in [6.07, 6.45) is 2.54. The Kier molecular flexibility index (Phi) is 6.31. The Labute approximate surface area is 160 Å². The fourth-order valence-electron chi connectivity index (χ4n) is 3.13. The Bertz CT molecular complexity index is 966. The van der Waals surface area contributed by atoms with E-state index in [1.54, 1.807) is 18.2 Å². The van der Waals surface area contributed by atoms with E-state index in [1.165, 1.54) is 36.4 Å². The Morgan fingerprint density at radius 1 is 0.852 bits per heavy atom. The molecule has 2 aromatic rings. The highest BCUT2D eigenvalue weighted by Gasteiger charge is 2.27. The van der Waals surface area contributed by atoms with Crippen LogP contribution in [-0.4, -0.2) is 36.6 Å². The summed E-state index contributed by atoms with van der Waals surface area (Å²) in [6.45, 7) is 1.68. The second-order valence-electron chi connectivity index (χ2n) is 6.51. The molecule has 2 aromatic carbocycles. The van der Waals surface area contributed by atoms with Crippen molar-refractivity contribution in [3.63, 3.8) is 0 Å². The summed E-state index contributed by atoms with van der Waals surface area (Å²) in [4.78, 5) is -0.370. The average molecular weight is 410 g/mol. The standard InChI is InChI=1S/C19H23NO5S2/c21-26(22,17-6-2-1-3-7-17)18-8-4-5-9-19(18)27(23,24)20-13-10-16-11-14-25-15-12-16/h1-9,16,20H,10-15H2. The van der Waals surface area contributed by atoms with Crippen LogP contribution < -0.4 is 4.72 Å². The van der Waals surface area contributed by atoms with E-state index in [-0.39, 0.29) is 21.2 Å². The molecule has 0 aliphatic carbocycles. The van der Waals surface area contributed by atoms with Crippen LogP contribution in [0.25, 0.3) is 0 Å². The molecule has 0 unspecified atom stereocenters. The minimum Gasteiger partial charge on any atom is -0.381 e. The van der Waals surface area contributed by atoms with Crippen molar-refractivity contribution in [1.29, 1.82) is 0 Å². The summed E-state index contributed by atoms with van der Waals surface area (Å²) < 4.78 is 59.2. The molecule has 0 radical (unpaired) electrons. The number of rotatable bonds is 7. The molecule has 1 heterocycles. The highest BCUT2D eigenvalue weighted by atomic mass is 32.2. The number of ether oxygens (including phenoxy) is 1. The van der Waals surface area contributed by atoms with Crippen molar-refractivity contribution in [1.82, 2.24) is 4.72 Å². The molecule has 146 valence electrons. The molecule has 8 heteroatoms. The third kappa shape index (κ3) is 4.76. The summed E-state index contributed by atoms with van der Waals surface area (Å²) in [6, 6.07) is 13.5. The summed E-state index contributed by atoms with van der Waals surface area (Å²) in [5.74, 6) is 0.421. The molecule has 1 fully saturated rings. The molecule has 1 saturated heterocycles. The van der Waals surface area contributed by atoms with Gasteiger partial charge in [0.05, 0.1) is 9.79 Å². The molecule has 27 heavy (non-hydrogen) atoms. The minimum atomic E-state index is -3.94. The van der Waals surface area contributed by atoms with E-state index in [1.807, 2.05) is 0 Å². The van der Waals surface area contributed by atoms with E-state index in [0.29, 0.717) is 25.6 Å². The van der Waals surface area contributed by atoms with Gasteiger partial charge in [-0.05, 0) is 49.4 Å². The Morgan fingerprint density at radius 3 is 2.11 bits per heavy atom. The van der Waals surface area contributed by atoms with Gasteiger partial charge in [0.2, 0.25) is 19.9 Å². The average Bonchev–Trinajstić information content (AvgIpc) is 2.69. The van der Waals surface area contributed by atoms with Crippen molar-refractivity contribution in [3.05, 3.63) is 54.6 Å². The lowest BCUT2D eigenvalue weighted by Crippen LogP contribution is -2.28. The predicted octanol–water partition coefficient (Wildman–Crippen LogP) is 2.61. The van der Waals surface area contributed by atoms with Crippen LogP contribution in [0.15, 0.2) is 69.3 Å². The monoisotopic (exact) mass is 409 g/mol. The quantitative estimate of drug-likeness (QED) is 0.759. The van der Waals surface area contributed by atoms with E-state index < -0.39 is 19.9 Å². The first kappa shape index (κ1) is 20.0. The highest BCUT2D eigenvalue weighted by molar-refractivity contribution is 7.93. The number of hydrogen-bond acceptors (Lipinski definition) is 5. The van der Waals surface area contributed by atoms with Crippen molar-refractivity contribution in [3.8, 4) is 0 Å². The zero-order valence-electron chi connectivity index (χ0n) is 14.9. The molecule has 1 N–H and O–H groups in total. The lowest BCUT2D eigenvalue weighted by atomic mass is 9.97. The van der Waals surface area contributed by atoms with Gasteiger partial charge in [-0.2, -0.15) is 0 Å². The van der Waals surface area contributed by atoms with Crippen LogP contribution in [0.3, 0.4) is 0 Å².